The van der Waals surface area contributed by atoms with Gasteiger partial charge in [0.05, 0.1) is 32.1 Å². The number of hydrogen-bond acceptors (Lipinski definition) is 5. The number of carbonyl (C=O) groups is 1. The van der Waals surface area contributed by atoms with Gasteiger partial charge in [0.15, 0.2) is 0 Å². The first-order valence-electron chi connectivity index (χ1n) is 7.28. The Kier molecular flexibility index (Phi) is 4.12. The summed E-state index contributed by atoms with van der Waals surface area (Å²) in [4.78, 5) is 14.3. The molecule has 0 atom stereocenters. The zero-order valence-corrected chi connectivity index (χ0v) is 14.1. The average Bonchev–Trinajstić information content (AvgIpc) is 2.95. The molecular weight excluding hydrogens is 314 g/mol. The molecule has 0 radical (unpaired) electrons. The number of rotatable bonds is 2. The van der Waals surface area contributed by atoms with Gasteiger partial charge >= 0.3 is 6.03 Å². The molecule has 0 bridgehead atoms. The van der Waals surface area contributed by atoms with Gasteiger partial charge in [-0.05, 0) is 37.5 Å². The predicted octanol–water partition coefficient (Wildman–Crippen LogP) is 3.36. The first-order chi connectivity index (χ1) is 11.0. The molecule has 122 valence electrons. The van der Waals surface area contributed by atoms with Crippen molar-refractivity contribution in [1.29, 1.82) is 0 Å². The Labute approximate surface area is 139 Å². The number of carbonyl (C=O) groups excluding carboxylic acids is 1. The molecule has 0 spiro atoms. The topological polar surface area (TPSA) is 63.7 Å². The van der Waals surface area contributed by atoms with E-state index < -0.39 is 5.60 Å². The SMILES string of the molecule is COc1ccc2c(c1)OC(C)(C)CN(C(=O)Nc1cnsc1)C2. The second-order valence-corrected chi connectivity index (χ2v) is 6.69. The van der Waals surface area contributed by atoms with Crippen LogP contribution >= 0.6 is 11.5 Å². The molecule has 7 heteroatoms. The third-order valence-corrected chi connectivity index (χ3v) is 4.15. The maximum absolute atomic E-state index is 12.6. The van der Waals surface area contributed by atoms with E-state index >= 15 is 0 Å². The normalized spacial score (nSPS) is 16.0. The molecule has 1 N–H and O–H groups in total. The fourth-order valence-electron chi connectivity index (χ4n) is 2.55. The highest BCUT2D eigenvalue weighted by atomic mass is 32.1. The summed E-state index contributed by atoms with van der Waals surface area (Å²) in [6, 6.07) is 5.51. The van der Waals surface area contributed by atoms with Crippen molar-refractivity contribution in [3.8, 4) is 11.5 Å². The van der Waals surface area contributed by atoms with E-state index in [1.165, 1.54) is 11.5 Å². The molecule has 23 heavy (non-hydrogen) atoms. The summed E-state index contributed by atoms with van der Waals surface area (Å²) >= 11 is 1.30. The van der Waals surface area contributed by atoms with E-state index in [4.69, 9.17) is 9.47 Å². The smallest absolute Gasteiger partial charge is 0.322 e. The molecule has 1 aliphatic heterocycles. The molecule has 3 rings (SSSR count). The van der Waals surface area contributed by atoms with Crippen molar-refractivity contribution in [2.24, 2.45) is 0 Å². The van der Waals surface area contributed by atoms with E-state index in [2.05, 4.69) is 9.69 Å². The van der Waals surface area contributed by atoms with E-state index in [1.807, 2.05) is 32.0 Å². The number of nitrogens with one attached hydrogen (secondary N) is 1. The van der Waals surface area contributed by atoms with Gasteiger partial charge in [0.25, 0.3) is 0 Å². The van der Waals surface area contributed by atoms with Gasteiger partial charge in [-0.15, -0.1) is 0 Å². The first kappa shape index (κ1) is 15.6. The van der Waals surface area contributed by atoms with Gasteiger partial charge in [0, 0.05) is 17.0 Å². The zero-order chi connectivity index (χ0) is 16.4. The lowest BCUT2D eigenvalue weighted by molar-refractivity contribution is 0.0833. The van der Waals surface area contributed by atoms with Gasteiger partial charge in [0.1, 0.15) is 17.1 Å². The van der Waals surface area contributed by atoms with Crippen LogP contribution in [0.3, 0.4) is 0 Å². The van der Waals surface area contributed by atoms with Crippen LogP contribution in [0.1, 0.15) is 19.4 Å². The Hall–Kier alpha value is -2.28. The summed E-state index contributed by atoms with van der Waals surface area (Å²) in [6.45, 7) is 4.89. The highest BCUT2D eigenvalue weighted by Gasteiger charge is 2.31. The summed E-state index contributed by atoms with van der Waals surface area (Å²) in [5.74, 6) is 1.49. The molecule has 6 nitrogen and oxygen atoms in total. The zero-order valence-electron chi connectivity index (χ0n) is 13.3. The first-order valence-corrected chi connectivity index (χ1v) is 8.12. The highest BCUT2D eigenvalue weighted by molar-refractivity contribution is 7.04. The molecule has 1 aliphatic rings. The average molecular weight is 333 g/mol. The lowest BCUT2D eigenvalue weighted by Gasteiger charge is -2.29. The summed E-state index contributed by atoms with van der Waals surface area (Å²) < 4.78 is 15.3. The van der Waals surface area contributed by atoms with E-state index in [-0.39, 0.29) is 6.03 Å². The van der Waals surface area contributed by atoms with Gasteiger partial charge in [-0.2, -0.15) is 4.37 Å². The monoisotopic (exact) mass is 333 g/mol. The summed E-state index contributed by atoms with van der Waals surface area (Å²) in [5, 5.41) is 4.67. The number of methoxy groups -OCH3 is 1. The molecule has 0 fully saturated rings. The number of ether oxygens (including phenoxy) is 2. The number of anilines is 1. The van der Waals surface area contributed by atoms with Crippen LogP contribution in [0.15, 0.2) is 29.8 Å². The molecule has 0 saturated heterocycles. The fraction of sp³-hybridized carbons (Fsp3) is 0.375. The van der Waals surface area contributed by atoms with Crippen LogP contribution in [0.5, 0.6) is 11.5 Å². The van der Waals surface area contributed by atoms with Crippen LogP contribution in [0.4, 0.5) is 10.5 Å². The Bertz CT molecular complexity index is 701. The molecule has 2 heterocycles. The Morgan fingerprint density at radius 3 is 3.00 bits per heavy atom. The number of urea groups is 1. The number of aromatic nitrogens is 1. The second kappa shape index (κ2) is 6.08. The van der Waals surface area contributed by atoms with Crippen LogP contribution < -0.4 is 14.8 Å². The number of benzene rings is 1. The maximum atomic E-state index is 12.6. The van der Waals surface area contributed by atoms with Crippen LogP contribution in [-0.2, 0) is 6.54 Å². The molecule has 2 amide bonds. The van der Waals surface area contributed by atoms with Gasteiger partial charge < -0.3 is 19.7 Å². The maximum Gasteiger partial charge on any atom is 0.322 e. The minimum absolute atomic E-state index is 0.162. The summed E-state index contributed by atoms with van der Waals surface area (Å²) in [7, 11) is 1.62. The third kappa shape index (κ3) is 3.56. The number of hydrogen-bond donors (Lipinski definition) is 1. The Morgan fingerprint density at radius 1 is 1.48 bits per heavy atom. The minimum atomic E-state index is -0.498. The molecule has 1 aromatic heterocycles. The standard InChI is InChI=1S/C16H19N3O3S/c1-16(2)10-19(15(20)18-12-7-17-23-9-12)8-11-4-5-13(21-3)6-14(11)22-16/h4-7,9H,8,10H2,1-3H3,(H,18,20). The van der Waals surface area contributed by atoms with E-state index in [9.17, 15) is 4.79 Å². The Morgan fingerprint density at radius 2 is 2.30 bits per heavy atom. The summed E-state index contributed by atoms with van der Waals surface area (Å²) in [5.41, 5.74) is 1.16. The van der Waals surface area contributed by atoms with Crippen molar-refractivity contribution in [3.63, 3.8) is 0 Å². The van der Waals surface area contributed by atoms with Gasteiger partial charge in [-0.1, -0.05) is 0 Å². The molecule has 1 aromatic carbocycles. The van der Waals surface area contributed by atoms with Crippen molar-refractivity contribution in [2.45, 2.75) is 26.0 Å². The lowest BCUT2D eigenvalue weighted by atomic mass is 10.1. The van der Waals surface area contributed by atoms with Gasteiger partial charge in [-0.3, -0.25) is 0 Å². The van der Waals surface area contributed by atoms with Crippen molar-refractivity contribution in [1.82, 2.24) is 9.27 Å². The molecule has 2 aromatic rings. The minimum Gasteiger partial charge on any atom is -0.497 e. The van der Waals surface area contributed by atoms with Crippen molar-refractivity contribution in [2.75, 3.05) is 19.0 Å². The van der Waals surface area contributed by atoms with Crippen LogP contribution in [-0.4, -0.2) is 34.6 Å². The van der Waals surface area contributed by atoms with E-state index in [0.29, 0.717) is 18.8 Å². The van der Waals surface area contributed by atoms with Gasteiger partial charge in [0.2, 0.25) is 0 Å². The van der Waals surface area contributed by atoms with E-state index in [0.717, 1.165) is 17.1 Å². The molecule has 0 saturated carbocycles. The van der Waals surface area contributed by atoms with Crippen LogP contribution in [0.25, 0.3) is 0 Å². The van der Waals surface area contributed by atoms with Crippen LogP contribution in [0, 0.1) is 0 Å². The number of fused-ring (bicyclic) bond motifs is 1. The van der Waals surface area contributed by atoms with E-state index in [1.54, 1.807) is 23.6 Å². The van der Waals surface area contributed by atoms with Crippen molar-refractivity contribution < 1.29 is 14.3 Å². The molecule has 0 unspecified atom stereocenters. The predicted molar refractivity (Wildman–Crippen MR) is 89.2 cm³/mol. The lowest BCUT2D eigenvalue weighted by Crippen LogP contribution is -2.44. The van der Waals surface area contributed by atoms with Crippen molar-refractivity contribution in [3.05, 3.63) is 35.3 Å². The fourth-order valence-corrected chi connectivity index (χ4v) is 3.02. The summed E-state index contributed by atoms with van der Waals surface area (Å²) in [6.07, 6.45) is 1.64. The number of nitrogens with zero attached hydrogens (tertiary/aromatic N) is 2. The van der Waals surface area contributed by atoms with Crippen molar-refractivity contribution >= 4 is 23.3 Å². The highest BCUT2D eigenvalue weighted by Crippen LogP contribution is 2.32. The number of amides is 2. The van der Waals surface area contributed by atoms with Gasteiger partial charge in [-0.25, -0.2) is 4.79 Å². The third-order valence-electron chi connectivity index (χ3n) is 3.56. The second-order valence-electron chi connectivity index (χ2n) is 6.03. The molecule has 0 aliphatic carbocycles. The van der Waals surface area contributed by atoms with Crippen LogP contribution in [0.2, 0.25) is 0 Å². The molecular formula is C16H19N3O3S. The largest absolute Gasteiger partial charge is 0.497 e. The Balaban J connectivity index is 1.85. The quantitative estimate of drug-likeness (QED) is 0.915.